The van der Waals surface area contributed by atoms with Crippen LogP contribution in [0.2, 0.25) is 0 Å². The summed E-state index contributed by atoms with van der Waals surface area (Å²) in [6.45, 7) is 1.17. The zero-order valence-corrected chi connectivity index (χ0v) is 16.1. The predicted octanol–water partition coefficient (Wildman–Crippen LogP) is 3.60. The van der Waals surface area contributed by atoms with Gasteiger partial charge in [-0.15, -0.1) is 0 Å². The highest BCUT2D eigenvalue weighted by atomic mass is 16.5. The average molecular weight is 384 g/mol. The maximum absolute atomic E-state index is 13.2. The lowest BCUT2D eigenvalue weighted by atomic mass is 9.97. The van der Waals surface area contributed by atoms with Crippen LogP contribution in [0.5, 0.6) is 5.75 Å². The monoisotopic (exact) mass is 384 g/mol. The Morgan fingerprint density at radius 3 is 2.76 bits per heavy atom. The van der Waals surface area contributed by atoms with Crippen molar-refractivity contribution in [3.8, 4) is 16.9 Å². The van der Waals surface area contributed by atoms with E-state index in [1.54, 1.807) is 19.5 Å². The Bertz CT molecular complexity index is 1170. The standard InChI is InChI=1S/C23H20N4O2/c1-29-20-6-5-18(16-7-10-24-11-8-16)19-15-27(23(28)22(19)20)13-9-17-14-26-12-3-2-4-21(26)25-17/h2-8,10-12,14H,9,13,15H2,1H3. The van der Waals surface area contributed by atoms with Gasteiger partial charge in [0.2, 0.25) is 0 Å². The van der Waals surface area contributed by atoms with Crippen LogP contribution in [0.15, 0.2) is 67.3 Å². The van der Waals surface area contributed by atoms with E-state index >= 15 is 0 Å². The summed E-state index contributed by atoms with van der Waals surface area (Å²) in [6.07, 6.45) is 8.24. The van der Waals surface area contributed by atoms with Gasteiger partial charge in [0.05, 0.1) is 18.4 Å². The van der Waals surface area contributed by atoms with E-state index in [0.29, 0.717) is 30.8 Å². The Kier molecular flexibility index (Phi) is 4.24. The van der Waals surface area contributed by atoms with Crippen LogP contribution in [0, 0.1) is 0 Å². The zero-order valence-electron chi connectivity index (χ0n) is 16.1. The first-order valence-corrected chi connectivity index (χ1v) is 9.57. The van der Waals surface area contributed by atoms with Gasteiger partial charge in [0.25, 0.3) is 5.91 Å². The lowest BCUT2D eigenvalue weighted by molar-refractivity contribution is 0.0777. The zero-order chi connectivity index (χ0) is 19.8. The molecule has 4 heterocycles. The quantitative estimate of drug-likeness (QED) is 0.527. The molecule has 5 rings (SSSR count). The van der Waals surface area contributed by atoms with Gasteiger partial charge in [-0.1, -0.05) is 12.1 Å². The van der Waals surface area contributed by atoms with Gasteiger partial charge < -0.3 is 14.0 Å². The van der Waals surface area contributed by atoms with E-state index in [1.807, 2.05) is 64.2 Å². The molecule has 0 unspecified atom stereocenters. The van der Waals surface area contributed by atoms with E-state index in [2.05, 4.69) is 9.97 Å². The molecule has 6 heteroatoms. The predicted molar refractivity (Wildman–Crippen MR) is 110 cm³/mol. The third-order valence-corrected chi connectivity index (χ3v) is 5.39. The molecule has 0 radical (unpaired) electrons. The fourth-order valence-electron chi connectivity index (χ4n) is 3.96. The number of carbonyl (C=O) groups is 1. The fraction of sp³-hybridized carbons (Fsp3) is 0.174. The maximum Gasteiger partial charge on any atom is 0.258 e. The highest BCUT2D eigenvalue weighted by Crippen LogP contribution is 2.38. The van der Waals surface area contributed by atoms with E-state index in [9.17, 15) is 4.79 Å². The molecule has 3 aromatic heterocycles. The molecule has 29 heavy (non-hydrogen) atoms. The highest BCUT2D eigenvalue weighted by Gasteiger charge is 2.32. The number of pyridine rings is 2. The van der Waals surface area contributed by atoms with E-state index in [1.165, 1.54) is 0 Å². The molecule has 0 saturated heterocycles. The van der Waals surface area contributed by atoms with Crippen LogP contribution in [0.3, 0.4) is 0 Å². The van der Waals surface area contributed by atoms with Gasteiger partial charge in [-0.2, -0.15) is 0 Å². The number of rotatable bonds is 5. The Labute approximate surface area is 168 Å². The Hall–Kier alpha value is -3.67. The Morgan fingerprint density at radius 2 is 1.97 bits per heavy atom. The number of nitrogens with zero attached hydrogens (tertiary/aromatic N) is 4. The minimum atomic E-state index is 0.0107. The van der Waals surface area contributed by atoms with Crippen molar-refractivity contribution in [3.05, 3.63) is 84.1 Å². The molecular weight excluding hydrogens is 364 g/mol. The summed E-state index contributed by atoms with van der Waals surface area (Å²) >= 11 is 0. The normalized spacial score (nSPS) is 13.1. The molecule has 1 aliphatic rings. The second-order valence-corrected chi connectivity index (χ2v) is 7.08. The molecule has 144 valence electrons. The van der Waals surface area contributed by atoms with Gasteiger partial charge in [0, 0.05) is 44.3 Å². The Morgan fingerprint density at radius 1 is 1.10 bits per heavy atom. The number of benzene rings is 1. The molecule has 0 saturated carbocycles. The summed E-state index contributed by atoms with van der Waals surface area (Å²) in [7, 11) is 1.61. The van der Waals surface area contributed by atoms with Gasteiger partial charge in [-0.3, -0.25) is 9.78 Å². The third-order valence-electron chi connectivity index (χ3n) is 5.39. The van der Waals surface area contributed by atoms with Crippen molar-refractivity contribution in [1.82, 2.24) is 19.3 Å². The number of aromatic nitrogens is 3. The van der Waals surface area contributed by atoms with Crippen molar-refractivity contribution in [2.75, 3.05) is 13.7 Å². The molecule has 0 bridgehead atoms. The molecule has 6 nitrogen and oxygen atoms in total. The first-order chi connectivity index (χ1) is 14.2. The smallest absolute Gasteiger partial charge is 0.258 e. The minimum absolute atomic E-state index is 0.0107. The number of amides is 1. The van der Waals surface area contributed by atoms with Gasteiger partial charge >= 0.3 is 0 Å². The summed E-state index contributed by atoms with van der Waals surface area (Å²) in [5, 5.41) is 0. The largest absolute Gasteiger partial charge is 0.496 e. The molecular formula is C23H20N4O2. The summed E-state index contributed by atoms with van der Waals surface area (Å²) in [6, 6.07) is 13.7. The van der Waals surface area contributed by atoms with Crippen molar-refractivity contribution in [1.29, 1.82) is 0 Å². The summed E-state index contributed by atoms with van der Waals surface area (Å²) in [5.74, 6) is 0.634. The number of imidazole rings is 1. The number of hydrogen-bond donors (Lipinski definition) is 0. The molecule has 4 aromatic rings. The molecule has 0 atom stereocenters. The van der Waals surface area contributed by atoms with Gasteiger partial charge in [0.1, 0.15) is 11.4 Å². The van der Waals surface area contributed by atoms with Crippen LogP contribution in [0.4, 0.5) is 0 Å². The van der Waals surface area contributed by atoms with Crippen LogP contribution in [0.1, 0.15) is 21.6 Å². The molecule has 1 aromatic carbocycles. The summed E-state index contributed by atoms with van der Waals surface area (Å²) in [4.78, 5) is 23.8. The summed E-state index contributed by atoms with van der Waals surface area (Å²) < 4.78 is 7.49. The van der Waals surface area contributed by atoms with Gasteiger partial charge in [-0.25, -0.2) is 4.98 Å². The number of ether oxygens (including phenoxy) is 1. The number of carbonyl (C=O) groups excluding carboxylic acids is 1. The topological polar surface area (TPSA) is 59.7 Å². The van der Waals surface area contributed by atoms with Crippen molar-refractivity contribution in [2.24, 2.45) is 0 Å². The second kappa shape index (κ2) is 7.05. The third kappa shape index (κ3) is 3.02. The number of fused-ring (bicyclic) bond motifs is 2. The lowest BCUT2D eigenvalue weighted by Crippen LogP contribution is -2.26. The molecule has 0 fully saturated rings. The summed E-state index contributed by atoms with van der Waals surface area (Å²) in [5.41, 5.74) is 5.66. The Balaban J connectivity index is 1.43. The van der Waals surface area contributed by atoms with Crippen LogP contribution in [0.25, 0.3) is 16.8 Å². The highest BCUT2D eigenvalue weighted by molar-refractivity contribution is 6.03. The van der Waals surface area contributed by atoms with Crippen LogP contribution >= 0.6 is 0 Å². The van der Waals surface area contributed by atoms with Crippen molar-refractivity contribution < 1.29 is 9.53 Å². The number of methoxy groups -OCH3 is 1. The van der Waals surface area contributed by atoms with Crippen molar-refractivity contribution >= 4 is 11.6 Å². The van der Waals surface area contributed by atoms with Crippen molar-refractivity contribution in [3.63, 3.8) is 0 Å². The molecule has 0 N–H and O–H groups in total. The molecule has 1 amide bonds. The molecule has 1 aliphatic heterocycles. The van der Waals surface area contributed by atoms with Crippen molar-refractivity contribution in [2.45, 2.75) is 13.0 Å². The lowest BCUT2D eigenvalue weighted by Gasteiger charge is -2.14. The number of hydrogen-bond acceptors (Lipinski definition) is 4. The fourth-order valence-corrected chi connectivity index (χ4v) is 3.96. The average Bonchev–Trinajstić information content (AvgIpc) is 3.33. The van der Waals surface area contributed by atoms with Crippen LogP contribution in [-0.4, -0.2) is 38.8 Å². The van der Waals surface area contributed by atoms with Crippen LogP contribution < -0.4 is 4.74 Å². The van der Waals surface area contributed by atoms with Gasteiger partial charge in [0.15, 0.2) is 0 Å². The molecule has 0 spiro atoms. The SMILES string of the molecule is COc1ccc(-c2ccncc2)c2c1C(=O)N(CCc1cn3ccccc3n1)C2. The van der Waals surface area contributed by atoms with Gasteiger partial charge in [-0.05, 0) is 47.0 Å². The first kappa shape index (κ1) is 17.4. The second-order valence-electron chi connectivity index (χ2n) is 7.08. The van der Waals surface area contributed by atoms with E-state index in [0.717, 1.165) is 28.0 Å². The van der Waals surface area contributed by atoms with Crippen LogP contribution in [-0.2, 0) is 13.0 Å². The first-order valence-electron chi connectivity index (χ1n) is 9.57. The minimum Gasteiger partial charge on any atom is -0.496 e. The molecule has 0 aliphatic carbocycles. The van der Waals surface area contributed by atoms with E-state index < -0.39 is 0 Å². The maximum atomic E-state index is 13.2. The van der Waals surface area contributed by atoms with E-state index in [-0.39, 0.29) is 5.91 Å². The van der Waals surface area contributed by atoms with E-state index in [4.69, 9.17) is 4.74 Å².